The highest BCUT2D eigenvalue weighted by molar-refractivity contribution is 5.99. The molecule has 0 aromatic heterocycles. The Morgan fingerprint density at radius 2 is 1.83 bits per heavy atom. The van der Waals surface area contributed by atoms with E-state index in [2.05, 4.69) is 44.9 Å². The highest BCUT2D eigenvalue weighted by Crippen LogP contribution is 2.35. The van der Waals surface area contributed by atoms with Gasteiger partial charge in [0.1, 0.15) is 12.6 Å². The van der Waals surface area contributed by atoms with Gasteiger partial charge in [-0.05, 0) is 68.6 Å². The molecule has 194 valence electrons. The predicted molar refractivity (Wildman–Crippen MR) is 143 cm³/mol. The molecule has 3 rings (SSSR count). The van der Waals surface area contributed by atoms with Crippen LogP contribution < -0.4 is 5.32 Å². The first-order valence-electron chi connectivity index (χ1n) is 13.1. The van der Waals surface area contributed by atoms with Gasteiger partial charge in [0.25, 0.3) is 0 Å². The van der Waals surface area contributed by atoms with Gasteiger partial charge in [-0.2, -0.15) is 0 Å². The van der Waals surface area contributed by atoms with Crippen LogP contribution in [0, 0.1) is 11.3 Å². The number of hydrogen-bond donors (Lipinski definition) is 1. The van der Waals surface area contributed by atoms with Crippen molar-refractivity contribution in [1.82, 2.24) is 0 Å². The van der Waals surface area contributed by atoms with Crippen molar-refractivity contribution in [2.45, 2.75) is 92.6 Å². The molecule has 0 saturated heterocycles. The normalized spacial score (nSPS) is 22.3. The number of nitrogens with zero attached hydrogens (tertiary/aromatic N) is 1. The Bertz CT molecular complexity index is 904. The van der Waals surface area contributed by atoms with Crippen molar-refractivity contribution < 1.29 is 19.1 Å². The summed E-state index contributed by atoms with van der Waals surface area (Å²) >= 11 is 0. The monoisotopic (exact) mass is 484 g/mol. The molecule has 1 aromatic rings. The zero-order chi connectivity index (χ0) is 25.8. The molecule has 0 aliphatic heterocycles. The Balaban J connectivity index is 0.00000137. The lowest BCUT2D eigenvalue weighted by Crippen LogP contribution is -2.26. The van der Waals surface area contributed by atoms with Gasteiger partial charge in [0.05, 0.1) is 17.9 Å². The quantitative estimate of drug-likeness (QED) is 0.423. The summed E-state index contributed by atoms with van der Waals surface area (Å²) in [6, 6.07) is 7.47. The standard InChI is InChI=1S/C26H36N2O4.C3H8/c1-5-31-24(29)17-27-19-14-20(16-26(3,4)15-19)28-23-12-7-6-11-22(23)25(30)32-21-10-8-9-18(2)13-21;1-3-2/h6-7,11-12,14,18,21,28H,5,8-10,13,15-17H2,1-4H3;3H2,1-2H3/t18-,21?;/m0./s1. The fourth-order valence-electron chi connectivity index (χ4n) is 4.57. The highest BCUT2D eigenvalue weighted by Gasteiger charge is 2.28. The van der Waals surface area contributed by atoms with Gasteiger partial charge in [0, 0.05) is 11.4 Å². The zero-order valence-electron chi connectivity index (χ0n) is 22.5. The molecule has 2 atom stereocenters. The molecular weight excluding hydrogens is 440 g/mol. The molecule has 2 aliphatic carbocycles. The number of para-hydroxylation sites is 1. The fraction of sp³-hybridized carbons (Fsp3) is 0.621. The largest absolute Gasteiger partial charge is 0.465 e. The van der Waals surface area contributed by atoms with Crippen molar-refractivity contribution in [3.8, 4) is 0 Å². The Kier molecular flexibility index (Phi) is 11.5. The smallest absolute Gasteiger partial charge is 0.340 e. The number of anilines is 1. The topological polar surface area (TPSA) is 77.0 Å². The van der Waals surface area contributed by atoms with Crippen LogP contribution in [0.25, 0.3) is 0 Å². The van der Waals surface area contributed by atoms with Crippen molar-refractivity contribution in [3.63, 3.8) is 0 Å². The van der Waals surface area contributed by atoms with Crippen LogP contribution in [0.4, 0.5) is 5.69 Å². The van der Waals surface area contributed by atoms with Gasteiger partial charge in [-0.3, -0.25) is 9.79 Å². The van der Waals surface area contributed by atoms with Crippen molar-refractivity contribution in [3.05, 3.63) is 41.6 Å². The first-order valence-corrected chi connectivity index (χ1v) is 13.1. The maximum Gasteiger partial charge on any atom is 0.340 e. The van der Waals surface area contributed by atoms with Gasteiger partial charge < -0.3 is 14.8 Å². The summed E-state index contributed by atoms with van der Waals surface area (Å²) in [4.78, 5) is 29.1. The predicted octanol–water partition coefficient (Wildman–Crippen LogP) is 6.96. The second kappa shape index (κ2) is 14.1. The number of aliphatic imine (C=N–C) groups is 1. The molecule has 0 bridgehead atoms. The van der Waals surface area contributed by atoms with Crippen LogP contribution >= 0.6 is 0 Å². The van der Waals surface area contributed by atoms with E-state index in [1.54, 1.807) is 13.0 Å². The van der Waals surface area contributed by atoms with Gasteiger partial charge in [-0.15, -0.1) is 0 Å². The summed E-state index contributed by atoms with van der Waals surface area (Å²) in [5.74, 6) is -0.00709. The van der Waals surface area contributed by atoms with Gasteiger partial charge in [-0.25, -0.2) is 4.79 Å². The summed E-state index contributed by atoms with van der Waals surface area (Å²) in [6.45, 7) is 13.0. The highest BCUT2D eigenvalue weighted by atomic mass is 16.5. The van der Waals surface area contributed by atoms with Crippen LogP contribution in [0.5, 0.6) is 0 Å². The van der Waals surface area contributed by atoms with E-state index in [9.17, 15) is 9.59 Å². The number of nitrogens with one attached hydrogen (secondary N) is 1. The second-order valence-corrected chi connectivity index (χ2v) is 10.5. The second-order valence-electron chi connectivity index (χ2n) is 10.5. The third kappa shape index (κ3) is 9.87. The number of carbonyl (C=O) groups is 2. The van der Waals surface area contributed by atoms with Crippen LogP contribution in [-0.4, -0.2) is 36.9 Å². The van der Waals surface area contributed by atoms with Crippen LogP contribution in [0.2, 0.25) is 0 Å². The number of benzene rings is 1. The minimum atomic E-state index is -0.323. The minimum absolute atomic E-state index is 0.00579. The van der Waals surface area contributed by atoms with Crippen LogP contribution in [0.1, 0.15) is 96.8 Å². The molecule has 0 heterocycles. The van der Waals surface area contributed by atoms with Crippen LogP contribution in [0.3, 0.4) is 0 Å². The summed E-state index contributed by atoms with van der Waals surface area (Å²) in [7, 11) is 0. The molecule has 0 radical (unpaired) electrons. The van der Waals surface area contributed by atoms with E-state index >= 15 is 0 Å². The molecule has 1 unspecified atom stereocenters. The third-order valence-corrected chi connectivity index (χ3v) is 5.99. The summed E-state index contributed by atoms with van der Waals surface area (Å²) < 4.78 is 10.8. The molecule has 0 amide bonds. The Labute approximate surface area is 211 Å². The molecule has 6 nitrogen and oxygen atoms in total. The summed E-state index contributed by atoms with van der Waals surface area (Å²) in [6.07, 6.45) is 9.00. The Hall–Kier alpha value is -2.63. The summed E-state index contributed by atoms with van der Waals surface area (Å²) in [5, 5.41) is 3.44. The average molecular weight is 485 g/mol. The van der Waals surface area contributed by atoms with E-state index < -0.39 is 0 Å². The molecule has 0 spiro atoms. The Morgan fingerprint density at radius 1 is 1.11 bits per heavy atom. The SMILES string of the molecule is CCC.CCOC(=O)CN=C1C=C(Nc2ccccc2C(=O)OC2CCC[C@H](C)C2)CC(C)(C)C1. The molecule has 2 aliphatic rings. The maximum absolute atomic E-state index is 13.0. The summed E-state index contributed by atoms with van der Waals surface area (Å²) in [5.41, 5.74) is 3.08. The van der Waals surface area contributed by atoms with Gasteiger partial charge in [-0.1, -0.05) is 59.6 Å². The fourth-order valence-corrected chi connectivity index (χ4v) is 4.57. The third-order valence-electron chi connectivity index (χ3n) is 5.99. The number of esters is 2. The first-order chi connectivity index (χ1) is 16.7. The number of carbonyl (C=O) groups excluding carboxylic acids is 2. The van der Waals surface area contributed by atoms with Gasteiger partial charge >= 0.3 is 11.9 Å². The van der Waals surface area contributed by atoms with Crippen LogP contribution in [0.15, 0.2) is 41.0 Å². The molecule has 35 heavy (non-hydrogen) atoms. The number of hydrogen-bond acceptors (Lipinski definition) is 6. The molecule has 1 saturated carbocycles. The number of ether oxygens (including phenoxy) is 2. The molecular formula is C29H44N2O4. The number of allylic oxidation sites excluding steroid dienone is 2. The van der Waals surface area contributed by atoms with Crippen molar-refractivity contribution in [1.29, 1.82) is 0 Å². The van der Waals surface area contributed by atoms with E-state index in [4.69, 9.17) is 9.47 Å². The number of rotatable bonds is 7. The molecule has 1 fully saturated rings. The zero-order valence-corrected chi connectivity index (χ0v) is 22.5. The lowest BCUT2D eigenvalue weighted by molar-refractivity contribution is -0.141. The first kappa shape index (κ1) is 28.6. The molecule has 1 aromatic carbocycles. The van der Waals surface area contributed by atoms with E-state index in [0.717, 1.165) is 49.2 Å². The van der Waals surface area contributed by atoms with E-state index in [1.807, 2.05) is 24.3 Å². The Morgan fingerprint density at radius 3 is 2.51 bits per heavy atom. The average Bonchev–Trinajstić information content (AvgIpc) is 2.78. The minimum Gasteiger partial charge on any atom is -0.465 e. The van der Waals surface area contributed by atoms with E-state index in [-0.39, 0.29) is 30.0 Å². The van der Waals surface area contributed by atoms with Crippen molar-refractivity contribution >= 4 is 23.3 Å². The van der Waals surface area contributed by atoms with E-state index in [1.165, 1.54) is 12.8 Å². The van der Waals surface area contributed by atoms with Crippen molar-refractivity contribution in [2.24, 2.45) is 16.3 Å². The van der Waals surface area contributed by atoms with Gasteiger partial charge in [0.15, 0.2) is 0 Å². The van der Waals surface area contributed by atoms with Gasteiger partial charge in [0.2, 0.25) is 0 Å². The van der Waals surface area contributed by atoms with Crippen molar-refractivity contribution in [2.75, 3.05) is 18.5 Å². The van der Waals surface area contributed by atoms with E-state index in [0.29, 0.717) is 18.1 Å². The molecule has 1 N–H and O–H groups in total. The lowest BCUT2D eigenvalue weighted by atomic mass is 9.78. The molecule has 6 heteroatoms. The lowest BCUT2D eigenvalue weighted by Gasteiger charge is -2.31. The maximum atomic E-state index is 13.0. The van der Waals surface area contributed by atoms with Crippen LogP contribution in [-0.2, 0) is 14.3 Å².